The number of phosphoric ester groups is 2. The summed E-state index contributed by atoms with van der Waals surface area (Å²) in [5, 5.41) is 10.6. The Morgan fingerprint density at radius 1 is 0.298 bits per heavy atom. The van der Waals surface area contributed by atoms with E-state index < -0.39 is 97.5 Å². The van der Waals surface area contributed by atoms with Gasteiger partial charge in [0, 0.05) is 25.7 Å². The van der Waals surface area contributed by atoms with Gasteiger partial charge in [-0.25, -0.2) is 9.13 Å². The minimum atomic E-state index is -4.96. The predicted molar refractivity (Wildman–Crippen MR) is 382 cm³/mol. The zero-order valence-electron chi connectivity index (χ0n) is 61.1. The molecule has 3 unspecified atom stereocenters. The molecular formula is C75H146O17P2. The fourth-order valence-corrected chi connectivity index (χ4v) is 13.1. The van der Waals surface area contributed by atoms with Crippen molar-refractivity contribution in [2.75, 3.05) is 39.6 Å². The maximum Gasteiger partial charge on any atom is 0.472 e. The molecule has 0 saturated carbocycles. The summed E-state index contributed by atoms with van der Waals surface area (Å²) in [4.78, 5) is 72.8. The molecule has 0 aliphatic carbocycles. The van der Waals surface area contributed by atoms with Crippen molar-refractivity contribution in [3.8, 4) is 0 Å². The van der Waals surface area contributed by atoms with Crippen molar-refractivity contribution in [3.63, 3.8) is 0 Å². The molecule has 0 fully saturated rings. The van der Waals surface area contributed by atoms with Gasteiger partial charge in [0.25, 0.3) is 0 Å². The van der Waals surface area contributed by atoms with E-state index in [1.807, 2.05) is 0 Å². The molecule has 0 saturated heterocycles. The van der Waals surface area contributed by atoms with Crippen molar-refractivity contribution >= 4 is 39.5 Å². The highest BCUT2D eigenvalue weighted by Gasteiger charge is 2.30. The zero-order valence-corrected chi connectivity index (χ0v) is 62.9. The molecule has 94 heavy (non-hydrogen) atoms. The summed E-state index contributed by atoms with van der Waals surface area (Å²) in [7, 11) is -9.91. The van der Waals surface area contributed by atoms with Crippen molar-refractivity contribution in [1.29, 1.82) is 0 Å². The molecule has 0 aromatic heterocycles. The number of hydrogen-bond acceptors (Lipinski definition) is 15. The zero-order chi connectivity index (χ0) is 69.1. The lowest BCUT2D eigenvalue weighted by Gasteiger charge is -2.21. The first kappa shape index (κ1) is 92.1. The Balaban J connectivity index is 5.24. The van der Waals surface area contributed by atoms with Crippen LogP contribution in [0.3, 0.4) is 0 Å². The fraction of sp³-hybridized carbons (Fsp3) is 0.947. The van der Waals surface area contributed by atoms with Gasteiger partial charge < -0.3 is 33.8 Å². The molecule has 0 radical (unpaired) electrons. The monoisotopic (exact) mass is 1380 g/mol. The van der Waals surface area contributed by atoms with Crippen LogP contribution in [0.5, 0.6) is 0 Å². The van der Waals surface area contributed by atoms with Crippen molar-refractivity contribution in [2.24, 2.45) is 5.92 Å². The number of esters is 4. The quantitative estimate of drug-likeness (QED) is 0.0222. The molecule has 17 nitrogen and oxygen atoms in total. The molecule has 0 spiro atoms. The maximum atomic E-state index is 13.1. The van der Waals surface area contributed by atoms with E-state index in [4.69, 9.17) is 37.0 Å². The molecule has 0 aromatic rings. The second-order valence-electron chi connectivity index (χ2n) is 27.3. The molecule has 0 aromatic carbocycles. The number of aliphatic hydroxyl groups is 1. The number of phosphoric acid groups is 2. The van der Waals surface area contributed by atoms with Crippen LogP contribution in [-0.4, -0.2) is 96.7 Å². The van der Waals surface area contributed by atoms with E-state index in [0.29, 0.717) is 25.7 Å². The minimum absolute atomic E-state index is 0.107. The van der Waals surface area contributed by atoms with Gasteiger partial charge in [0.2, 0.25) is 0 Å². The van der Waals surface area contributed by atoms with Crippen LogP contribution in [0.2, 0.25) is 0 Å². The standard InChI is InChI=1S/C75H146O17P2/c1-6-10-13-16-19-22-25-28-30-31-32-33-35-38-41-44-51-56-61-75(80)91-70(64-85-72(77)58-53-48-42-39-37-34-29-26-23-20-17-14-11-7-2)66-89-93(81,82)87-62-69(76)63-88-94(83,84)90-67-71(65-86-73(78)59-54-49-46-45-47-52-57-68(5)9-4)92-74(79)60-55-50-43-40-36-27-24-21-18-15-12-8-3/h68-71,76H,6-67H2,1-5H3,(H,81,82)(H,83,84)/t68?,69-,70-,71-/m1/s1. The Bertz CT molecular complexity index is 1810. The molecule has 3 N–H and O–H groups in total. The maximum absolute atomic E-state index is 13.1. The normalized spacial score (nSPS) is 14.3. The van der Waals surface area contributed by atoms with Crippen LogP contribution < -0.4 is 0 Å². The summed E-state index contributed by atoms with van der Waals surface area (Å²) in [5.74, 6) is -1.38. The Labute approximate surface area is 575 Å². The van der Waals surface area contributed by atoms with E-state index in [1.54, 1.807) is 0 Å². The van der Waals surface area contributed by atoms with E-state index in [1.165, 1.54) is 212 Å². The lowest BCUT2D eigenvalue weighted by Crippen LogP contribution is -2.30. The van der Waals surface area contributed by atoms with Gasteiger partial charge in [-0.15, -0.1) is 0 Å². The summed E-state index contributed by atoms with van der Waals surface area (Å²) in [6.45, 7) is 7.25. The van der Waals surface area contributed by atoms with Gasteiger partial charge in [-0.3, -0.25) is 37.3 Å². The Hall–Kier alpha value is -1.94. The Morgan fingerprint density at radius 3 is 0.755 bits per heavy atom. The first-order valence-corrected chi connectivity index (χ1v) is 42.2. The number of unbranched alkanes of at least 4 members (excludes halogenated alkanes) is 46. The molecule has 0 rings (SSSR count). The van der Waals surface area contributed by atoms with Gasteiger partial charge in [0.05, 0.1) is 26.4 Å². The molecule has 19 heteroatoms. The molecule has 0 aliphatic rings. The van der Waals surface area contributed by atoms with Crippen molar-refractivity contribution in [3.05, 3.63) is 0 Å². The molecule has 0 bridgehead atoms. The lowest BCUT2D eigenvalue weighted by atomic mass is 10.00. The first-order valence-electron chi connectivity index (χ1n) is 39.2. The molecule has 0 aliphatic heterocycles. The second-order valence-corrected chi connectivity index (χ2v) is 30.2. The van der Waals surface area contributed by atoms with Crippen molar-refractivity contribution in [1.82, 2.24) is 0 Å². The summed E-state index contributed by atoms with van der Waals surface area (Å²) < 4.78 is 68.5. The number of ether oxygens (including phenoxy) is 4. The summed E-state index contributed by atoms with van der Waals surface area (Å²) in [6.07, 6.45) is 56.8. The van der Waals surface area contributed by atoms with Crippen molar-refractivity contribution < 1.29 is 80.2 Å². The summed E-state index contributed by atoms with van der Waals surface area (Å²) in [5.41, 5.74) is 0. The summed E-state index contributed by atoms with van der Waals surface area (Å²) in [6, 6.07) is 0. The van der Waals surface area contributed by atoms with Gasteiger partial charge in [0.1, 0.15) is 19.3 Å². The van der Waals surface area contributed by atoms with Gasteiger partial charge in [0.15, 0.2) is 12.2 Å². The van der Waals surface area contributed by atoms with Crippen molar-refractivity contribution in [2.45, 2.75) is 412 Å². The van der Waals surface area contributed by atoms with E-state index in [0.717, 1.165) is 102 Å². The first-order chi connectivity index (χ1) is 45.6. The van der Waals surface area contributed by atoms with Crippen LogP contribution in [0.4, 0.5) is 0 Å². The average molecular weight is 1380 g/mol. The van der Waals surface area contributed by atoms with E-state index in [9.17, 15) is 43.2 Å². The molecule has 558 valence electrons. The van der Waals surface area contributed by atoms with Crippen LogP contribution in [0.1, 0.15) is 394 Å². The van der Waals surface area contributed by atoms with Crippen LogP contribution in [-0.2, 0) is 65.4 Å². The van der Waals surface area contributed by atoms with Gasteiger partial charge in [-0.05, 0) is 31.6 Å². The smallest absolute Gasteiger partial charge is 0.462 e. The molecule has 0 amide bonds. The van der Waals surface area contributed by atoms with Gasteiger partial charge in [-0.1, -0.05) is 343 Å². The highest BCUT2D eigenvalue weighted by molar-refractivity contribution is 7.47. The number of carbonyl (C=O) groups is 4. The third-order valence-corrected chi connectivity index (χ3v) is 19.8. The minimum Gasteiger partial charge on any atom is -0.462 e. The van der Waals surface area contributed by atoms with E-state index in [2.05, 4.69) is 34.6 Å². The number of rotatable bonds is 75. The number of carbonyl (C=O) groups excluding carboxylic acids is 4. The number of hydrogen-bond donors (Lipinski definition) is 3. The highest BCUT2D eigenvalue weighted by Crippen LogP contribution is 2.45. The predicted octanol–water partition coefficient (Wildman–Crippen LogP) is 22.1. The topological polar surface area (TPSA) is 237 Å². The third kappa shape index (κ3) is 67.3. The van der Waals surface area contributed by atoms with Crippen LogP contribution in [0.15, 0.2) is 0 Å². The van der Waals surface area contributed by atoms with Crippen LogP contribution in [0.25, 0.3) is 0 Å². The Kier molecular flexibility index (Phi) is 66.8. The van der Waals surface area contributed by atoms with Gasteiger partial charge in [-0.2, -0.15) is 0 Å². The second kappa shape index (κ2) is 68.2. The molecular weight excluding hydrogens is 1230 g/mol. The third-order valence-electron chi connectivity index (χ3n) is 17.9. The Morgan fingerprint density at radius 2 is 0.511 bits per heavy atom. The fourth-order valence-electron chi connectivity index (χ4n) is 11.5. The van der Waals surface area contributed by atoms with E-state index in [-0.39, 0.29) is 25.7 Å². The van der Waals surface area contributed by atoms with Gasteiger partial charge >= 0.3 is 39.5 Å². The average Bonchev–Trinajstić information content (AvgIpc) is 3.08. The van der Waals surface area contributed by atoms with Crippen LogP contribution in [0, 0.1) is 5.92 Å². The number of aliphatic hydroxyl groups excluding tert-OH is 1. The highest BCUT2D eigenvalue weighted by atomic mass is 31.2. The van der Waals surface area contributed by atoms with E-state index >= 15 is 0 Å². The summed E-state index contributed by atoms with van der Waals surface area (Å²) >= 11 is 0. The molecule has 6 atom stereocenters. The largest absolute Gasteiger partial charge is 0.472 e. The lowest BCUT2D eigenvalue weighted by molar-refractivity contribution is -0.161. The molecule has 0 heterocycles. The SMILES string of the molecule is CCCCCCCCCCCCCCCCCCCCC(=O)O[C@H](COC(=O)CCCCCCCCCCCCCCCC)COP(=O)(O)OC[C@@H](O)COP(=O)(O)OC[C@@H](COC(=O)CCCCCCCCC(C)CC)OC(=O)CCCCCCCCCCCCCC. The van der Waals surface area contributed by atoms with Crippen LogP contribution >= 0.6 is 15.6 Å².